The molecule has 2 amide bonds. The van der Waals surface area contributed by atoms with Crippen molar-refractivity contribution in [3.05, 3.63) is 65.2 Å². The summed E-state index contributed by atoms with van der Waals surface area (Å²) >= 11 is 5.04. The number of carbonyl (C=O) groups excluding carboxylic acids is 2. The zero-order valence-corrected chi connectivity index (χ0v) is 16.4. The second-order valence-corrected chi connectivity index (χ2v) is 6.87. The highest BCUT2D eigenvalue weighted by molar-refractivity contribution is 7.80. The molecule has 0 spiro atoms. The fourth-order valence-corrected chi connectivity index (χ4v) is 2.29. The van der Waals surface area contributed by atoms with Crippen molar-refractivity contribution in [3.63, 3.8) is 0 Å². The lowest BCUT2D eigenvalue weighted by molar-refractivity contribution is 0.0934. The van der Waals surface area contributed by atoms with Gasteiger partial charge in [-0.25, -0.2) is 0 Å². The summed E-state index contributed by atoms with van der Waals surface area (Å²) in [6.45, 7) is 6.63. The van der Waals surface area contributed by atoms with Gasteiger partial charge >= 0.3 is 0 Å². The van der Waals surface area contributed by atoms with Gasteiger partial charge in [0.2, 0.25) is 0 Å². The van der Waals surface area contributed by atoms with E-state index in [1.165, 1.54) is 0 Å². The number of carbonyl (C=O) groups is 2. The Hall–Kier alpha value is -2.93. The van der Waals surface area contributed by atoms with E-state index in [0.29, 0.717) is 29.4 Å². The molecule has 0 aliphatic carbocycles. The summed E-state index contributed by atoms with van der Waals surface area (Å²) in [5.74, 6) is 0.396. The second-order valence-electron chi connectivity index (χ2n) is 6.46. The number of hydrogen-bond acceptors (Lipinski definition) is 4. The summed E-state index contributed by atoms with van der Waals surface area (Å²) in [4.78, 5) is 24.2. The van der Waals surface area contributed by atoms with Crippen molar-refractivity contribution >= 4 is 29.1 Å². The molecule has 0 saturated carbocycles. The highest BCUT2D eigenvalue weighted by Crippen LogP contribution is 2.13. The lowest BCUT2D eigenvalue weighted by Crippen LogP contribution is -2.48. The van der Waals surface area contributed by atoms with Crippen molar-refractivity contribution in [1.82, 2.24) is 16.2 Å². The van der Waals surface area contributed by atoms with Gasteiger partial charge in [0, 0.05) is 11.1 Å². The molecule has 2 aromatic carbocycles. The van der Waals surface area contributed by atoms with Gasteiger partial charge in [0.05, 0.1) is 6.61 Å². The van der Waals surface area contributed by atoms with E-state index in [0.717, 1.165) is 5.56 Å². The minimum Gasteiger partial charge on any atom is -0.493 e. The van der Waals surface area contributed by atoms with Gasteiger partial charge in [-0.1, -0.05) is 31.5 Å². The first-order valence-electron chi connectivity index (χ1n) is 8.56. The molecule has 0 aliphatic heterocycles. The van der Waals surface area contributed by atoms with Crippen LogP contribution in [-0.2, 0) is 0 Å². The molecule has 7 heteroatoms. The fourth-order valence-electron chi connectivity index (χ4n) is 2.14. The van der Waals surface area contributed by atoms with Gasteiger partial charge < -0.3 is 4.74 Å². The van der Waals surface area contributed by atoms with Crippen LogP contribution >= 0.6 is 12.2 Å². The molecular weight excluding hydrogens is 362 g/mol. The second kappa shape index (κ2) is 9.68. The molecule has 142 valence electrons. The van der Waals surface area contributed by atoms with E-state index in [4.69, 9.17) is 17.0 Å². The lowest BCUT2D eigenvalue weighted by atomic mass is 10.1. The average Bonchev–Trinajstić information content (AvgIpc) is 2.64. The maximum absolute atomic E-state index is 12.2. The van der Waals surface area contributed by atoms with Gasteiger partial charge in [-0.2, -0.15) is 0 Å². The number of hydrazine groups is 1. The van der Waals surface area contributed by atoms with Gasteiger partial charge in [-0.05, 0) is 61.5 Å². The third kappa shape index (κ3) is 6.71. The van der Waals surface area contributed by atoms with Crippen LogP contribution < -0.4 is 20.9 Å². The highest BCUT2D eigenvalue weighted by Gasteiger charge is 2.10. The summed E-state index contributed by atoms with van der Waals surface area (Å²) in [6.07, 6.45) is 0. The van der Waals surface area contributed by atoms with Crippen LogP contribution in [-0.4, -0.2) is 23.5 Å². The molecule has 0 bridgehead atoms. The minimum atomic E-state index is -0.382. The first-order valence-corrected chi connectivity index (χ1v) is 8.97. The van der Waals surface area contributed by atoms with E-state index in [9.17, 15) is 9.59 Å². The molecule has 0 heterocycles. The zero-order chi connectivity index (χ0) is 19.8. The zero-order valence-electron chi connectivity index (χ0n) is 15.5. The van der Waals surface area contributed by atoms with Gasteiger partial charge in [0.25, 0.3) is 11.8 Å². The Labute approximate surface area is 164 Å². The number of thiocarbonyl (C=S) groups is 1. The summed E-state index contributed by atoms with van der Waals surface area (Å²) in [5.41, 5.74) is 6.87. The molecule has 0 atom stereocenters. The molecule has 0 aromatic heterocycles. The Balaban J connectivity index is 1.82. The van der Waals surface area contributed by atoms with Crippen LogP contribution in [0, 0.1) is 12.8 Å². The quantitative estimate of drug-likeness (QED) is 0.545. The number of ether oxygens (including phenoxy) is 1. The van der Waals surface area contributed by atoms with E-state index in [1.807, 2.05) is 13.0 Å². The molecule has 6 nitrogen and oxygen atoms in total. The van der Waals surface area contributed by atoms with E-state index >= 15 is 0 Å². The van der Waals surface area contributed by atoms with Crippen molar-refractivity contribution in [1.29, 1.82) is 0 Å². The van der Waals surface area contributed by atoms with Crippen molar-refractivity contribution in [2.24, 2.45) is 5.92 Å². The third-order valence-electron chi connectivity index (χ3n) is 3.50. The number of nitrogens with one attached hydrogen (secondary N) is 3. The smallest absolute Gasteiger partial charge is 0.269 e. The lowest BCUT2D eigenvalue weighted by Gasteiger charge is -2.12. The molecule has 0 saturated heterocycles. The summed E-state index contributed by atoms with van der Waals surface area (Å²) in [6, 6.07) is 13.9. The maximum Gasteiger partial charge on any atom is 0.269 e. The van der Waals surface area contributed by atoms with E-state index in [2.05, 4.69) is 30.0 Å². The standard InChI is InChI=1S/C20H23N3O3S/c1-13(2)12-26-17-9-7-15(8-10-17)18(24)21-20(27)23-22-19(25)16-6-4-5-14(3)11-16/h4-11,13H,12H2,1-3H3,(H,22,25)(H2,21,23,24,27). The van der Waals surface area contributed by atoms with Crippen LogP contribution in [0.5, 0.6) is 5.75 Å². The topological polar surface area (TPSA) is 79.5 Å². The fraction of sp³-hybridized carbons (Fsp3) is 0.250. The largest absolute Gasteiger partial charge is 0.493 e. The molecule has 2 aromatic rings. The molecule has 3 N–H and O–H groups in total. The van der Waals surface area contributed by atoms with Crippen LogP contribution in [0.15, 0.2) is 48.5 Å². The summed E-state index contributed by atoms with van der Waals surface area (Å²) in [5, 5.41) is 2.51. The number of amides is 2. The molecule has 2 rings (SSSR count). The van der Waals surface area contributed by atoms with Gasteiger partial charge in [0.1, 0.15) is 5.75 Å². The van der Waals surface area contributed by atoms with Crippen LogP contribution in [0.3, 0.4) is 0 Å². The summed E-state index contributed by atoms with van der Waals surface area (Å²) < 4.78 is 5.58. The SMILES string of the molecule is Cc1cccc(C(=O)NNC(=S)NC(=O)c2ccc(OCC(C)C)cc2)c1. The van der Waals surface area contributed by atoms with Crippen molar-refractivity contribution in [2.45, 2.75) is 20.8 Å². The molecule has 0 aliphatic rings. The van der Waals surface area contributed by atoms with Crippen molar-refractivity contribution in [3.8, 4) is 5.75 Å². The Morgan fingerprint density at radius 3 is 2.33 bits per heavy atom. The molecular formula is C20H23N3O3S. The number of hydrogen-bond donors (Lipinski definition) is 3. The van der Waals surface area contributed by atoms with Gasteiger partial charge in [0.15, 0.2) is 5.11 Å². The highest BCUT2D eigenvalue weighted by atomic mass is 32.1. The predicted octanol–water partition coefficient (Wildman–Crippen LogP) is 2.98. The Morgan fingerprint density at radius 2 is 1.70 bits per heavy atom. The molecule has 0 unspecified atom stereocenters. The van der Waals surface area contributed by atoms with Crippen LogP contribution in [0.25, 0.3) is 0 Å². The van der Waals surface area contributed by atoms with Crippen LogP contribution in [0.2, 0.25) is 0 Å². The third-order valence-corrected chi connectivity index (χ3v) is 3.70. The van der Waals surface area contributed by atoms with Crippen LogP contribution in [0.4, 0.5) is 0 Å². The average molecular weight is 385 g/mol. The van der Waals surface area contributed by atoms with Gasteiger partial charge in [-0.15, -0.1) is 0 Å². The molecule has 0 radical (unpaired) electrons. The normalized spacial score (nSPS) is 10.2. The first kappa shape index (κ1) is 20.4. The Bertz CT molecular complexity index is 819. The molecule has 0 fully saturated rings. The maximum atomic E-state index is 12.2. The van der Waals surface area contributed by atoms with E-state index < -0.39 is 0 Å². The Morgan fingerprint density at radius 1 is 1.00 bits per heavy atom. The monoisotopic (exact) mass is 385 g/mol. The van der Waals surface area contributed by atoms with Crippen LogP contribution in [0.1, 0.15) is 40.1 Å². The minimum absolute atomic E-state index is 0.00105. The van der Waals surface area contributed by atoms with Crippen molar-refractivity contribution < 1.29 is 14.3 Å². The summed E-state index contributed by atoms with van der Waals surface area (Å²) in [7, 11) is 0. The molecule has 27 heavy (non-hydrogen) atoms. The number of benzene rings is 2. The number of aryl methyl sites for hydroxylation is 1. The van der Waals surface area contributed by atoms with Crippen molar-refractivity contribution in [2.75, 3.05) is 6.61 Å². The van der Waals surface area contributed by atoms with E-state index in [1.54, 1.807) is 42.5 Å². The van der Waals surface area contributed by atoms with E-state index in [-0.39, 0.29) is 16.9 Å². The van der Waals surface area contributed by atoms with Gasteiger partial charge in [-0.3, -0.25) is 25.8 Å². The Kier molecular flexibility index (Phi) is 7.31. The number of rotatable bonds is 5. The first-order chi connectivity index (χ1) is 12.8. The predicted molar refractivity (Wildman–Crippen MR) is 109 cm³/mol.